The third-order valence-corrected chi connectivity index (χ3v) is 11.9. The van der Waals surface area contributed by atoms with Gasteiger partial charge in [0.05, 0.1) is 30.8 Å². The number of hydrogen-bond acceptors (Lipinski definition) is 9. The van der Waals surface area contributed by atoms with E-state index in [1.54, 1.807) is 28.3 Å². The molecular formula is C36H65NO9Si. The predicted octanol–water partition coefficient (Wildman–Crippen LogP) is 10.3. The van der Waals surface area contributed by atoms with Crippen LogP contribution in [0, 0.1) is 10.1 Å². The molecule has 11 heteroatoms. The number of ether oxygens (including phenoxy) is 3. The van der Waals surface area contributed by atoms with E-state index in [9.17, 15) is 14.9 Å². The minimum absolute atomic E-state index is 0.162. The maximum Gasteiger partial charge on any atom is 0.500 e. The Labute approximate surface area is 286 Å². The summed E-state index contributed by atoms with van der Waals surface area (Å²) in [6, 6.07) is 3.71. The SMILES string of the molecule is COc1cc(C(C)OC(=O)CCCCCCCCCCCCCCCCCCCCCC[Si](OC)(OC)OC)c([N+](=O)[O-])cc1OC. The van der Waals surface area contributed by atoms with Crippen LogP contribution >= 0.6 is 0 Å². The van der Waals surface area contributed by atoms with Gasteiger partial charge in [-0.05, 0) is 25.8 Å². The van der Waals surface area contributed by atoms with E-state index in [1.807, 2.05) is 0 Å². The lowest BCUT2D eigenvalue weighted by atomic mass is 10.0. The van der Waals surface area contributed by atoms with Gasteiger partial charge in [0, 0.05) is 33.8 Å². The third kappa shape index (κ3) is 18.2. The van der Waals surface area contributed by atoms with Gasteiger partial charge in [-0.15, -0.1) is 0 Å². The molecule has 0 aromatic heterocycles. The topological polar surface area (TPSA) is 116 Å². The summed E-state index contributed by atoms with van der Waals surface area (Å²) in [5.41, 5.74) is 0.124. The van der Waals surface area contributed by atoms with Gasteiger partial charge in [-0.25, -0.2) is 0 Å². The number of rotatable bonds is 31. The lowest BCUT2D eigenvalue weighted by Crippen LogP contribution is -2.42. The molecule has 0 fully saturated rings. The quantitative estimate of drug-likeness (QED) is 0.0248. The maximum atomic E-state index is 12.4. The summed E-state index contributed by atoms with van der Waals surface area (Å²) in [4.78, 5) is 23.4. The number of benzene rings is 1. The molecule has 10 nitrogen and oxygen atoms in total. The minimum atomic E-state index is -2.38. The lowest BCUT2D eigenvalue weighted by molar-refractivity contribution is -0.386. The maximum absolute atomic E-state index is 12.4. The molecule has 0 heterocycles. The second-order valence-electron chi connectivity index (χ2n) is 12.5. The Bertz CT molecular complexity index is 966. The van der Waals surface area contributed by atoms with Crippen LogP contribution in [0.2, 0.25) is 6.04 Å². The van der Waals surface area contributed by atoms with E-state index in [0.29, 0.717) is 12.2 Å². The van der Waals surface area contributed by atoms with Crippen molar-refractivity contribution in [3.63, 3.8) is 0 Å². The van der Waals surface area contributed by atoms with E-state index in [1.165, 1.54) is 129 Å². The van der Waals surface area contributed by atoms with E-state index in [4.69, 9.17) is 27.5 Å². The van der Waals surface area contributed by atoms with Crippen LogP contribution in [0.5, 0.6) is 11.5 Å². The Kier molecular flexibility index (Phi) is 24.3. The van der Waals surface area contributed by atoms with Crippen molar-refractivity contribution >= 4 is 20.5 Å². The van der Waals surface area contributed by atoms with E-state index < -0.39 is 19.8 Å². The number of hydrogen-bond donors (Lipinski definition) is 0. The van der Waals surface area contributed by atoms with Crippen molar-refractivity contribution in [3.05, 3.63) is 27.8 Å². The Morgan fingerprint density at radius 2 is 1.00 bits per heavy atom. The fraction of sp³-hybridized carbons (Fsp3) is 0.806. The van der Waals surface area contributed by atoms with Crippen LogP contribution in [-0.2, 0) is 22.8 Å². The number of nitro benzene ring substituents is 1. The zero-order valence-electron chi connectivity index (χ0n) is 30.4. The Balaban J connectivity index is 1.95. The van der Waals surface area contributed by atoms with E-state index in [2.05, 4.69) is 0 Å². The molecular weight excluding hydrogens is 618 g/mol. The van der Waals surface area contributed by atoms with Gasteiger partial charge >= 0.3 is 14.8 Å². The third-order valence-electron chi connectivity index (χ3n) is 9.02. The first-order valence-corrected chi connectivity index (χ1v) is 20.0. The molecule has 0 saturated carbocycles. The summed E-state index contributed by atoms with van der Waals surface area (Å²) in [5.74, 6) is 0.274. The van der Waals surface area contributed by atoms with Gasteiger partial charge in [-0.2, -0.15) is 0 Å². The number of carbonyl (C=O) groups excluding carboxylic acids is 1. The summed E-state index contributed by atoms with van der Waals surface area (Å²) in [5, 5.41) is 11.5. The second-order valence-corrected chi connectivity index (χ2v) is 15.6. The van der Waals surface area contributed by atoms with Crippen molar-refractivity contribution in [2.24, 2.45) is 0 Å². The molecule has 0 aliphatic heterocycles. The average Bonchev–Trinajstić information content (AvgIpc) is 3.08. The first kappa shape index (κ1) is 42.8. The highest BCUT2D eigenvalue weighted by Gasteiger charge is 2.36. The van der Waals surface area contributed by atoms with Crippen molar-refractivity contribution in [1.82, 2.24) is 0 Å². The molecule has 0 radical (unpaired) electrons. The molecule has 0 aliphatic rings. The molecule has 272 valence electrons. The summed E-state index contributed by atoms with van der Waals surface area (Å²) >= 11 is 0. The fourth-order valence-corrected chi connectivity index (χ4v) is 7.83. The van der Waals surface area contributed by atoms with Gasteiger partial charge in [0.2, 0.25) is 0 Å². The molecule has 0 N–H and O–H groups in total. The molecule has 1 unspecified atom stereocenters. The first-order valence-electron chi connectivity index (χ1n) is 18.0. The van der Waals surface area contributed by atoms with Crippen LogP contribution < -0.4 is 9.47 Å². The normalized spacial score (nSPS) is 12.2. The molecule has 47 heavy (non-hydrogen) atoms. The van der Waals surface area contributed by atoms with Crippen molar-refractivity contribution in [3.8, 4) is 11.5 Å². The number of nitrogens with zero attached hydrogens (tertiary/aromatic N) is 1. The van der Waals surface area contributed by atoms with Crippen molar-refractivity contribution in [2.45, 2.75) is 154 Å². The number of nitro groups is 1. The molecule has 0 spiro atoms. The lowest BCUT2D eigenvalue weighted by Gasteiger charge is -2.24. The van der Waals surface area contributed by atoms with E-state index >= 15 is 0 Å². The standard InChI is InChI=1S/C36H65NO9Si/c1-31(32-29-34(41-2)35(42-3)30-33(32)37(39)40)46-36(38)27-25-23-21-19-17-15-13-11-9-7-8-10-12-14-16-18-20-22-24-26-28-47(43-4,44-5)45-6/h29-31H,7-28H2,1-6H3. The van der Waals surface area contributed by atoms with Crippen LogP contribution in [0.1, 0.15) is 153 Å². The Hall–Kier alpha value is -2.21. The molecule has 1 aromatic rings. The molecule has 0 saturated heterocycles. The number of carbonyl (C=O) groups is 1. The van der Waals surface area contributed by atoms with Crippen LogP contribution in [0.15, 0.2) is 12.1 Å². The molecule has 1 rings (SSSR count). The molecule has 1 aromatic carbocycles. The summed E-state index contributed by atoms with van der Waals surface area (Å²) < 4.78 is 32.4. The number of unbranched alkanes of at least 4 members (excludes halogenated alkanes) is 19. The van der Waals surface area contributed by atoms with E-state index in [-0.39, 0.29) is 23.0 Å². The number of esters is 1. The zero-order valence-corrected chi connectivity index (χ0v) is 31.4. The van der Waals surface area contributed by atoms with E-state index in [0.717, 1.165) is 31.7 Å². The van der Waals surface area contributed by atoms with Crippen molar-refractivity contribution in [1.29, 1.82) is 0 Å². The molecule has 0 aliphatic carbocycles. The van der Waals surface area contributed by atoms with Crippen molar-refractivity contribution in [2.75, 3.05) is 35.5 Å². The average molecular weight is 684 g/mol. The first-order chi connectivity index (χ1) is 22.8. The highest BCUT2D eigenvalue weighted by Crippen LogP contribution is 2.38. The molecule has 0 bridgehead atoms. The predicted molar refractivity (Wildman–Crippen MR) is 189 cm³/mol. The van der Waals surface area contributed by atoms with Gasteiger partial charge in [0.15, 0.2) is 11.5 Å². The summed E-state index contributed by atoms with van der Waals surface area (Å²) in [7, 11) is 5.56. The van der Waals surface area contributed by atoms with Gasteiger partial charge < -0.3 is 27.5 Å². The highest BCUT2D eigenvalue weighted by molar-refractivity contribution is 6.60. The van der Waals surface area contributed by atoms with Gasteiger partial charge in [-0.3, -0.25) is 14.9 Å². The molecule has 1 atom stereocenters. The highest BCUT2D eigenvalue weighted by atomic mass is 28.4. The molecule has 0 amide bonds. The zero-order chi connectivity index (χ0) is 34.8. The van der Waals surface area contributed by atoms with Gasteiger partial charge in [0.1, 0.15) is 6.10 Å². The van der Waals surface area contributed by atoms with Crippen LogP contribution in [-0.4, -0.2) is 55.2 Å². The van der Waals surface area contributed by atoms with Crippen LogP contribution in [0.3, 0.4) is 0 Å². The summed E-state index contributed by atoms with van der Waals surface area (Å²) in [6.45, 7) is 1.64. The monoisotopic (exact) mass is 683 g/mol. The second kappa shape index (κ2) is 26.7. The van der Waals surface area contributed by atoms with Crippen molar-refractivity contribution < 1.29 is 37.2 Å². The summed E-state index contributed by atoms with van der Waals surface area (Å²) in [6.07, 6.45) is 24.7. The van der Waals surface area contributed by atoms with Crippen LogP contribution in [0.4, 0.5) is 5.69 Å². The van der Waals surface area contributed by atoms with Gasteiger partial charge in [-0.1, -0.05) is 116 Å². The number of methoxy groups -OCH3 is 2. The smallest absolute Gasteiger partial charge is 0.493 e. The fourth-order valence-electron chi connectivity index (χ4n) is 6.04. The minimum Gasteiger partial charge on any atom is -0.493 e. The largest absolute Gasteiger partial charge is 0.500 e. The van der Waals surface area contributed by atoms with Crippen LogP contribution in [0.25, 0.3) is 0 Å². The Morgan fingerprint density at radius 1 is 0.638 bits per heavy atom. The van der Waals surface area contributed by atoms with Gasteiger partial charge in [0.25, 0.3) is 5.69 Å². The Morgan fingerprint density at radius 3 is 1.36 bits per heavy atom.